The average molecular weight is 238 g/mol. The predicted molar refractivity (Wildman–Crippen MR) is 65.6 cm³/mol. The first-order valence-electron chi connectivity index (χ1n) is 6.14. The van der Waals surface area contributed by atoms with Gasteiger partial charge in [0.05, 0.1) is 12.6 Å². The van der Waals surface area contributed by atoms with Gasteiger partial charge in [0, 0.05) is 1.37 Å². The highest BCUT2D eigenvalue weighted by molar-refractivity contribution is 5.68. The van der Waals surface area contributed by atoms with Gasteiger partial charge in [-0.05, 0) is 26.3 Å². The van der Waals surface area contributed by atoms with Gasteiger partial charge in [-0.1, -0.05) is 30.3 Å². The molecule has 0 saturated carbocycles. The maximum absolute atomic E-state index is 11.6. The maximum atomic E-state index is 11.6. The van der Waals surface area contributed by atoms with E-state index >= 15 is 0 Å². The SMILES string of the molecule is [2H]CC(C)(C)OC(=O)N[C@@H](CO)c1ccccc1. The molecule has 1 aromatic carbocycles. The van der Waals surface area contributed by atoms with Gasteiger partial charge >= 0.3 is 6.09 Å². The number of hydrogen-bond donors (Lipinski definition) is 2. The summed E-state index contributed by atoms with van der Waals surface area (Å²) in [4.78, 5) is 11.6. The highest BCUT2D eigenvalue weighted by Crippen LogP contribution is 2.13. The molecule has 0 spiro atoms. The molecule has 0 saturated heterocycles. The molecule has 0 aromatic heterocycles. The molecular formula is C13H19NO3. The molecular weight excluding hydrogens is 218 g/mol. The van der Waals surface area contributed by atoms with Crippen molar-refractivity contribution >= 4 is 6.09 Å². The normalized spacial score (nSPS) is 13.7. The van der Waals surface area contributed by atoms with E-state index in [1.807, 2.05) is 30.3 Å². The van der Waals surface area contributed by atoms with Crippen molar-refractivity contribution in [2.75, 3.05) is 6.61 Å². The van der Waals surface area contributed by atoms with Crippen LogP contribution in [0.4, 0.5) is 4.79 Å². The summed E-state index contributed by atoms with van der Waals surface area (Å²) < 4.78 is 12.3. The van der Waals surface area contributed by atoms with Crippen LogP contribution in [-0.2, 0) is 4.74 Å². The molecule has 0 bridgehead atoms. The van der Waals surface area contributed by atoms with Crippen molar-refractivity contribution in [2.24, 2.45) is 0 Å². The summed E-state index contributed by atoms with van der Waals surface area (Å²) in [6.07, 6.45) is -0.629. The van der Waals surface area contributed by atoms with Crippen molar-refractivity contribution in [1.29, 1.82) is 0 Å². The molecule has 94 valence electrons. The fourth-order valence-electron chi connectivity index (χ4n) is 1.34. The molecule has 1 atom stereocenters. The summed E-state index contributed by atoms with van der Waals surface area (Å²) in [6, 6.07) is 8.66. The molecule has 0 aliphatic carbocycles. The molecule has 2 N–H and O–H groups in total. The van der Waals surface area contributed by atoms with Gasteiger partial charge in [-0.15, -0.1) is 0 Å². The Hall–Kier alpha value is -1.55. The number of carbonyl (C=O) groups excluding carboxylic acids is 1. The lowest BCUT2D eigenvalue weighted by atomic mass is 10.1. The quantitative estimate of drug-likeness (QED) is 0.849. The minimum atomic E-state index is -0.833. The number of nitrogens with one attached hydrogen (secondary N) is 1. The summed E-state index contributed by atoms with van der Waals surface area (Å²) in [6.45, 7) is 3.10. The number of carbonyl (C=O) groups is 1. The van der Waals surface area contributed by atoms with E-state index in [-0.39, 0.29) is 13.5 Å². The monoisotopic (exact) mass is 238 g/mol. The van der Waals surface area contributed by atoms with Gasteiger partial charge in [0.1, 0.15) is 5.60 Å². The summed E-state index contributed by atoms with van der Waals surface area (Å²) in [5.41, 5.74) is -0.0264. The van der Waals surface area contributed by atoms with Crippen molar-refractivity contribution in [2.45, 2.75) is 32.4 Å². The fourth-order valence-corrected chi connectivity index (χ4v) is 1.34. The Morgan fingerprint density at radius 3 is 2.71 bits per heavy atom. The largest absolute Gasteiger partial charge is 0.444 e. The van der Waals surface area contributed by atoms with Crippen LogP contribution in [0.2, 0.25) is 0 Å². The third-order valence-corrected chi connectivity index (χ3v) is 2.05. The van der Waals surface area contributed by atoms with E-state index < -0.39 is 17.7 Å². The summed E-state index contributed by atoms with van der Waals surface area (Å²) >= 11 is 0. The van der Waals surface area contributed by atoms with E-state index in [4.69, 9.17) is 6.11 Å². The molecule has 0 aliphatic rings. The number of amides is 1. The van der Waals surface area contributed by atoms with Gasteiger partial charge < -0.3 is 15.2 Å². The number of aliphatic hydroxyl groups is 1. The van der Waals surface area contributed by atoms with Gasteiger partial charge in [0.2, 0.25) is 0 Å². The van der Waals surface area contributed by atoms with Crippen molar-refractivity contribution in [3.8, 4) is 0 Å². The summed E-state index contributed by atoms with van der Waals surface area (Å²) in [5, 5.41) is 11.9. The first-order chi connectivity index (χ1) is 8.48. The number of rotatable bonds is 3. The number of hydrogen-bond acceptors (Lipinski definition) is 3. The number of alkyl carbamates (subject to hydrolysis) is 1. The van der Waals surface area contributed by atoms with Crippen LogP contribution in [0, 0.1) is 0 Å². The third-order valence-electron chi connectivity index (χ3n) is 2.05. The number of ether oxygens (including phenoxy) is 1. The van der Waals surface area contributed by atoms with E-state index in [2.05, 4.69) is 5.32 Å². The van der Waals surface area contributed by atoms with Gasteiger partial charge in [0.25, 0.3) is 0 Å². The summed E-state index contributed by atoms with van der Waals surface area (Å²) in [5.74, 6) is 0. The minimum Gasteiger partial charge on any atom is -0.444 e. The van der Waals surface area contributed by atoms with E-state index in [0.29, 0.717) is 0 Å². The van der Waals surface area contributed by atoms with E-state index in [9.17, 15) is 9.90 Å². The minimum absolute atomic E-state index is 0.0183. The van der Waals surface area contributed by atoms with Crippen LogP contribution < -0.4 is 5.32 Å². The Morgan fingerprint density at radius 2 is 2.18 bits per heavy atom. The Labute approximate surface area is 103 Å². The molecule has 0 fully saturated rings. The first-order valence-corrected chi connectivity index (χ1v) is 5.43. The zero-order valence-electron chi connectivity index (χ0n) is 11.1. The third kappa shape index (κ3) is 4.87. The van der Waals surface area contributed by atoms with Crippen LogP contribution in [0.5, 0.6) is 0 Å². The molecule has 4 heteroatoms. The van der Waals surface area contributed by atoms with Gasteiger partial charge in [-0.3, -0.25) is 0 Å². The van der Waals surface area contributed by atoms with Gasteiger partial charge in [-0.2, -0.15) is 0 Å². The van der Waals surface area contributed by atoms with Gasteiger partial charge in [0.15, 0.2) is 0 Å². The molecule has 1 rings (SSSR count). The van der Waals surface area contributed by atoms with Crippen LogP contribution in [0.25, 0.3) is 0 Å². The van der Waals surface area contributed by atoms with Crippen LogP contribution in [0.1, 0.15) is 33.7 Å². The first kappa shape index (κ1) is 11.9. The second-order valence-corrected chi connectivity index (χ2v) is 4.44. The highest BCUT2D eigenvalue weighted by atomic mass is 16.6. The molecule has 0 aliphatic heterocycles. The highest BCUT2D eigenvalue weighted by Gasteiger charge is 2.19. The fraction of sp³-hybridized carbons (Fsp3) is 0.462. The standard InChI is InChI=1S/C13H19NO3/c1-13(2,3)17-12(16)14-11(9-15)10-7-5-4-6-8-10/h4-8,11,15H,9H2,1-3H3,(H,14,16)/t11-/m0/s1/i1D. The van der Waals surface area contributed by atoms with Crippen LogP contribution in [-0.4, -0.2) is 23.4 Å². The van der Waals surface area contributed by atoms with Crippen molar-refractivity contribution in [3.63, 3.8) is 0 Å². The maximum Gasteiger partial charge on any atom is 0.408 e. The molecule has 0 heterocycles. The van der Waals surface area contributed by atoms with Crippen LogP contribution in [0.3, 0.4) is 0 Å². The van der Waals surface area contributed by atoms with E-state index in [0.717, 1.165) is 5.56 Å². The van der Waals surface area contributed by atoms with E-state index in [1.165, 1.54) is 0 Å². The zero-order valence-corrected chi connectivity index (χ0v) is 10.1. The van der Waals surface area contributed by atoms with Crippen LogP contribution in [0.15, 0.2) is 30.3 Å². The second kappa shape index (κ2) is 5.68. The molecule has 1 aromatic rings. The van der Waals surface area contributed by atoms with Crippen molar-refractivity contribution in [3.05, 3.63) is 35.9 Å². The molecule has 0 radical (unpaired) electrons. The molecule has 4 nitrogen and oxygen atoms in total. The number of benzene rings is 1. The van der Waals surface area contributed by atoms with Crippen molar-refractivity contribution < 1.29 is 16.0 Å². The Kier molecular flexibility index (Phi) is 3.98. The predicted octanol–water partition coefficient (Wildman–Crippen LogP) is 2.24. The lowest BCUT2D eigenvalue weighted by molar-refractivity contribution is 0.0482. The Balaban J connectivity index is 2.62. The zero-order chi connectivity index (χ0) is 13.6. The summed E-state index contributed by atoms with van der Waals surface area (Å²) in [7, 11) is 0. The second-order valence-electron chi connectivity index (χ2n) is 4.44. The number of aliphatic hydroxyl groups excluding tert-OH is 1. The molecule has 17 heavy (non-hydrogen) atoms. The van der Waals surface area contributed by atoms with Crippen LogP contribution >= 0.6 is 0 Å². The average Bonchev–Trinajstić information content (AvgIpc) is 2.36. The lowest BCUT2D eigenvalue weighted by Gasteiger charge is -2.22. The van der Waals surface area contributed by atoms with E-state index in [1.54, 1.807) is 13.8 Å². The smallest absolute Gasteiger partial charge is 0.408 e. The van der Waals surface area contributed by atoms with Gasteiger partial charge in [-0.25, -0.2) is 4.79 Å². The lowest BCUT2D eigenvalue weighted by Crippen LogP contribution is -2.36. The van der Waals surface area contributed by atoms with Crippen molar-refractivity contribution in [1.82, 2.24) is 5.32 Å². The topological polar surface area (TPSA) is 58.6 Å². The Morgan fingerprint density at radius 1 is 1.53 bits per heavy atom. The molecule has 0 unspecified atom stereocenters. The Bertz CT molecular complexity index is 381. The molecule has 1 amide bonds.